The van der Waals surface area contributed by atoms with E-state index in [4.69, 9.17) is 16.3 Å². The monoisotopic (exact) mass is 366 g/mol. The van der Waals surface area contributed by atoms with E-state index in [2.05, 4.69) is 4.99 Å². The van der Waals surface area contributed by atoms with Crippen molar-refractivity contribution in [2.24, 2.45) is 4.99 Å². The molecular weight excluding hydrogens is 348 g/mol. The van der Waals surface area contributed by atoms with E-state index in [1.807, 2.05) is 25.1 Å². The molecule has 0 aliphatic carbocycles. The standard InChI is InChI=1S/C17H19ClN2O3S/c1-3-9-20-16(22)14(10-12-7-5-6-8-13(12)18)19-17(20)24-11-15(21)23-4-2/h5-8,10H,3-4,9,11H2,1-2H3/b14-10-. The first-order chi connectivity index (χ1) is 11.6. The number of thioether (sulfide) groups is 1. The molecule has 7 heteroatoms. The smallest absolute Gasteiger partial charge is 0.316 e. The largest absolute Gasteiger partial charge is 0.465 e. The van der Waals surface area contributed by atoms with Crippen LogP contribution >= 0.6 is 23.4 Å². The Balaban J connectivity index is 2.21. The highest BCUT2D eigenvalue weighted by atomic mass is 35.5. The molecule has 0 N–H and O–H groups in total. The van der Waals surface area contributed by atoms with E-state index >= 15 is 0 Å². The number of rotatable bonds is 6. The predicted octanol–water partition coefficient (Wildman–Crippen LogP) is 3.59. The molecule has 1 aromatic carbocycles. The molecule has 1 heterocycles. The molecule has 0 spiro atoms. The Morgan fingerprint density at radius 3 is 2.79 bits per heavy atom. The van der Waals surface area contributed by atoms with Crippen LogP contribution in [0.4, 0.5) is 0 Å². The van der Waals surface area contributed by atoms with Crippen LogP contribution in [-0.2, 0) is 14.3 Å². The third-order valence-electron chi connectivity index (χ3n) is 3.18. The number of amidine groups is 1. The Kier molecular flexibility index (Phi) is 6.87. The molecule has 1 aliphatic rings. The van der Waals surface area contributed by atoms with Crippen LogP contribution in [0.15, 0.2) is 35.0 Å². The fourth-order valence-corrected chi connectivity index (χ4v) is 3.14. The molecule has 0 unspecified atom stereocenters. The van der Waals surface area contributed by atoms with Gasteiger partial charge in [-0.3, -0.25) is 14.5 Å². The van der Waals surface area contributed by atoms with Gasteiger partial charge in [0.2, 0.25) is 0 Å². The maximum Gasteiger partial charge on any atom is 0.316 e. The fraction of sp³-hybridized carbons (Fsp3) is 0.353. The van der Waals surface area contributed by atoms with Gasteiger partial charge in [0, 0.05) is 11.6 Å². The first-order valence-electron chi connectivity index (χ1n) is 7.72. The van der Waals surface area contributed by atoms with Gasteiger partial charge in [-0.25, -0.2) is 4.99 Å². The zero-order valence-corrected chi connectivity index (χ0v) is 15.2. The SMILES string of the molecule is CCCN1C(=O)/C(=C/c2ccccc2Cl)N=C1SCC(=O)OCC. The summed E-state index contributed by atoms with van der Waals surface area (Å²) in [5.74, 6) is -0.375. The molecule has 0 aromatic heterocycles. The first kappa shape index (κ1) is 18.5. The Morgan fingerprint density at radius 1 is 1.38 bits per heavy atom. The van der Waals surface area contributed by atoms with E-state index < -0.39 is 0 Å². The number of aliphatic imine (C=N–C) groups is 1. The topological polar surface area (TPSA) is 59.0 Å². The van der Waals surface area contributed by atoms with Crippen LogP contribution in [0.25, 0.3) is 6.08 Å². The lowest BCUT2D eigenvalue weighted by Crippen LogP contribution is -2.31. The lowest BCUT2D eigenvalue weighted by Gasteiger charge is -2.16. The van der Waals surface area contributed by atoms with Crippen LogP contribution in [0, 0.1) is 0 Å². The number of hydrogen-bond donors (Lipinski definition) is 0. The van der Waals surface area contributed by atoms with Crippen LogP contribution in [0.2, 0.25) is 5.02 Å². The van der Waals surface area contributed by atoms with Gasteiger partial charge in [-0.1, -0.05) is 48.5 Å². The molecule has 0 saturated carbocycles. The van der Waals surface area contributed by atoms with E-state index in [1.165, 1.54) is 11.8 Å². The van der Waals surface area contributed by atoms with Crippen molar-refractivity contribution in [1.29, 1.82) is 0 Å². The summed E-state index contributed by atoms with van der Waals surface area (Å²) in [5, 5.41) is 1.08. The third-order valence-corrected chi connectivity index (χ3v) is 4.47. The van der Waals surface area contributed by atoms with E-state index in [0.29, 0.717) is 29.0 Å². The van der Waals surface area contributed by atoms with Crippen molar-refractivity contribution < 1.29 is 14.3 Å². The summed E-state index contributed by atoms with van der Waals surface area (Å²) >= 11 is 7.35. The summed E-state index contributed by atoms with van der Waals surface area (Å²) in [6, 6.07) is 7.26. The number of carbonyl (C=O) groups excluding carboxylic acids is 2. The van der Waals surface area contributed by atoms with E-state index in [-0.39, 0.29) is 17.6 Å². The number of benzene rings is 1. The lowest BCUT2D eigenvalue weighted by atomic mass is 10.2. The summed E-state index contributed by atoms with van der Waals surface area (Å²) in [6.07, 6.45) is 2.47. The van der Waals surface area contributed by atoms with E-state index in [9.17, 15) is 9.59 Å². The summed E-state index contributed by atoms with van der Waals surface area (Å²) in [4.78, 5) is 30.1. The van der Waals surface area contributed by atoms with Crippen LogP contribution in [0.3, 0.4) is 0 Å². The van der Waals surface area contributed by atoms with Gasteiger partial charge in [-0.05, 0) is 31.1 Å². The molecule has 0 fully saturated rings. The van der Waals surface area contributed by atoms with Crippen molar-refractivity contribution >= 4 is 46.5 Å². The summed E-state index contributed by atoms with van der Waals surface area (Å²) in [5.41, 5.74) is 1.06. The number of hydrogen-bond acceptors (Lipinski definition) is 5. The molecule has 0 radical (unpaired) electrons. The fourth-order valence-electron chi connectivity index (χ4n) is 2.13. The Bertz CT molecular complexity index is 688. The van der Waals surface area contributed by atoms with Gasteiger partial charge >= 0.3 is 5.97 Å². The Hall–Kier alpha value is -1.79. The zero-order chi connectivity index (χ0) is 17.5. The minimum absolute atomic E-state index is 0.125. The second kappa shape index (κ2) is 8.89. The highest BCUT2D eigenvalue weighted by Crippen LogP contribution is 2.26. The quantitative estimate of drug-likeness (QED) is 0.570. The summed E-state index contributed by atoms with van der Waals surface area (Å²) < 4.78 is 4.91. The summed E-state index contributed by atoms with van der Waals surface area (Å²) in [6.45, 7) is 4.62. The minimum atomic E-state index is -0.322. The van der Waals surface area contributed by atoms with Gasteiger partial charge in [0.25, 0.3) is 5.91 Å². The molecule has 0 atom stereocenters. The van der Waals surface area contributed by atoms with E-state index in [0.717, 1.165) is 12.0 Å². The molecule has 2 rings (SSSR count). The van der Waals surface area contributed by atoms with Gasteiger partial charge in [-0.2, -0.15) is 0 Å². The maximum atomic E-state index is 12.6. The number of nitrogens with zero attached hydrogens (tertiary/aromatic N) is 2. The van der Waals surface area contributed by atoms with Gasteiger partial charge in [-0.15, -0.1) is 0 Å². The number of esters is 1. The molecule has 1 aliphatic heterocycles. The minimum Gasteiger partial charge on any atom is -0.465 e. The third kappa shape index (κ3) is 4.61. The van der Waals surface area contributed by atoms with Crippen molar-refractivity contribution in [3.63, 3.8) is 0 Å². The number of amides is 1. The highest BCUT2D eigenvalue weighted by Gasteiger charge is 2.30. The molecule has 5 nitrogen and oxygen atoms in total. The average Bonchev–Trinajstić information content (AvgIpc) is 2.85. The highest BCUT2D eigenvalue weighted by molar-refractivity contribution is 8.14. The number of carbonyl (C=O) groups is 2. The second-order valence-electron chi connectivity index (χ2n) is 5.00. The van der Waals surface area contributed by atoms with Gasteiger partial charge in [0.15, 0.2) is 5.17 Å². The summed E-state index contributed by atoms with van der Waals surface area (Å²) in [7, 11) is 0. The lowest BCUT2D eigenvalue weighted by molar-refractivity contribution is -0.139. The van der Waals surface area contributed by atoms with Gasteiger partial charge < -0.3 is 4.74 Å². The van der Waals surface area contributed by atoms with Crippen LogP contribution in [-0.4, -0.2) is 40.8 Å². The first-order valence-corrected chi connectivity index (χ1v) is 9.08. The molecule has 1 amide bonds. The van der Waals surface area contributed by atoms with Crippen LogP contribution < -0.4 is 0 Å². The van der Waals surface area contributed by atoms with Gasteiger partial charge in [0.1, 0.15) is 5.70 Å². The Labute approximate surface area is 150 Å². The maximum absolute atomic E-state index is 12.6. The Morgan fingerprint density at radius 2 is 2.12 bits per heavy atom. The van der Waals surface area contributed by atoms with Crippen LogP contribution in [0.1, 0.15) is 25.8 Å². The predicted molar refractivity (Wildman–Crippen MR) is 98.0 cm³/mol. The molecule has 24 heavy (non-hydrogen) atoms. The van der Waals surface area contributed by atoms with Crippen molar-refractivity contribution in [1.82, 2.24) is 4.90 Å². The molecule has 128 valence electrons. The van der Waals surface area contributed by atoms with E-state index in [1.54, 1.807) is 24.0 Å². The van der Waals surface area contributed by atoms with Crippen LogP contribution in [0.5, 0.6) is 0 Å². The van der Waals surface area contributed by atoms with Crippen molar-refractivity contribution in [2.45, 2.75) is 20.3 Å². The second-order valence-corrected chi connectivity index (χ2v) is 6.35. The van der Waals surface area contributed by atoms with Crippen molar-refractivity contribution in [3.8, 4) is 0 Å². The molecule has 0 saturated heterocycles. The van der Waals surface area contributed by atoms with Crippen molar-refractivity contribution in [2.75, 3.05) is 18.9 Å². The number of halogens is 1. The molecule has 1 aromatic rings. The molecular formula is C17H19ClN2O3S. The normalized spacial score (nSPS) is 15.8. The number of ether oxygens (including phenoxy) is 1. The average molecular weight is 367 g/mol. The molecule has 0 bridgehead atoms. The zero-order valence-electron chi connectivity index (χ0n) is 13.6. The van der Waals surface area contributed by atoms with Crippen molar-refractivity contribution in [3.05, 3.63) is 40.5 Å². The van der Waals surface area contributed by atoms with Gasteiger partial charge in [0.05, 0.1) is 12.4 Å².